The average Bonchev–Trinajstić information content (AvgIpc) is 3.14. The molecule has 1 N–H and O–H groups in total. The van der Waals surface area contributed by atoms with Crippen molar-refractivity contribution in [1.29, 1.82) is 0 Å². The van der Waals surface area contributed by atoms with Gasteiger partial charge in [-0.25, -0.2) is 0 Å². The van der Waals surface area contributed by atoms with E-state index in [2.05, 4.69) is 48.3 Å². The number of hydrogen-bond acceptors (Lipinski definition) is 2. The number of rotatable bonds is 7. The summed E-state index contributed by atoms with van der Waals surface area (Å²) in [6.45, 7) is 7.91. The van der Waals surface area contributed by atoms with Gasteiger partial charge in [-0.05, 0) is 44.4 Å². The van der Waals surface area contributed by atoms with E-state index in [1.165, 1.54) is 43.6 Å². The quantitative estimate of drug-likeness (QED) is 0.776. The molecule has 1 aliphatic rings. The molecule has 2 nitrogen and oxygen atoms in total. The Hall–Kier alpha value is -1.02. The molecular weight excluding hydrogens is 208 g/mol. The molecule has 1 fully saturated rings. The monoisotopic (exact) mass is 232 g/mol. The molecule has 0 aromatic heterocycles. The summed E-state index contributed by atoms with van der Waals surface area (Å²) in [7, 11) is 0. The van der Waals surface area contributed by atoms with E-state index < -0.39 is 0 Å². The SMILES string of the molecule is CCCN(CCNc1ccccc1C)C1CC1. The lowest BCUT2D eigenvalue weighted by Gasteiger charge is -2.21. The number of anilines is 1. The molecule has 1 aromatic carbocycles. The minimum absolute atomic E-state index is 0.883. The molecule has 2 rings (SSSR count). The maximum absolute atomic E-state index is 3.54. The second-order valence-electron chi connectivity index (χ2n) is 5.01. The normalized spacial score (nSPS) is 15.2. The summed E-state index contributed by atoms with van der Waals surface area (Å²) >= 11 is 0. The van der Waals surface area contributed by atoms with Crippen LogP contribution in [0.3, 0.4) is 0 Å². The molecule has 94 valence electrons. The Morgan fingerprint density at radius 3 is 2.65 bits per heavy atom. The maximum Gasteiger partial charge on any atom is 0.0370 e. The van der Waals surface area contributed by atoms with E-state index in [9.17, 15) is 0 Å². The van der Waals surface area contributed by atoms with Gasteiger partial charge in [0.25, 0.3) is 0 Å². The first-order valence-electron chi connectivity index (χ1n) is 6.85. The molecule has 0 atom stereocenters. The second-order valence-corrected chi connectivity index (χ2v) is 5.01. The van der Waals surface area contributed by atoms with Crippen LogP contribution in [0.4, 0.5) is 5.69 Å². The molecule has 0 spiro atoms. The minimum Gasteiger partial charge on any atom is -0.384 e. The average molecular weight is 232 g/mol. The van der Waals surface area contributed by atoms with E-state index in [4.69, 9.17) is 0 Å². The van der Waals surface area contributed by atoms with Gasteiger partial charge in [-0.2, -0.15) is 0 Å². The largest absolute Gasteiger partial charge is 0.384 e. The molecule has 0 amide bonds. The molecule has 0 aliphatic heterocycles. The van der Waals surface area contributed by atoms with Crippen molar-refractivity contribution >= 4 is 5.69 Å². The molecule has 0 heterocycles. The smallest absolute Gasteiger partial charge is 0.0370 e. The first kappa shape index (κ1) is 12.4. The highest BCUT2D eigenvalue weighted by molar-refractivity contribution is 5.50. The van der Waals surface area contributed by atoms with Crippen LogP contribution in [-0.4, -0.2) is 30.6 Å². The van der Waals surface area contributed by atoms with Crippen LogP contribution in [0, 0.1) is 6.92 Å². The molecule has 1 aliphatic carbocycles. The first-order chi connectivity index (χ1) is 8.31. The second kappa shape index (κ2) is 6.06. The lowest BCUT2D eigenvalue weighted by Crippen LogP contribution is -2.31. The summed E-state index contributed by atoms with van der Waals surface area (Å²) in [4.78, 5) is 2.63. The van der Waals surface area contributed by atoms with E-state index in [0.29, 0.717) is 0 Å². The van der Waals surface area contributed by atoms with Crippen LogP contribution in [0.5, 0.6) is 0 Å². The van der Waals surface area contributed by atoms with Gasteiger partial charge in [0, 0.05) is 24.8 Å². The van der Waals surface area contributed by atoms with Crippen molar-refractivity contribution in [2.24, 2.45) is 0 Å². The fourth-order valence-electron chi connectivity index (χ4n) is 2.31. The van der Waals surface area contributed by atoms with Crippen molar-refractivity contribution in [2.75, 3.05) is 25.0 Å². The number of hydrogen-bond donors (Lipinski definition) is 1. The zero-order chi connectivity index (χ0) is 12.1. The van der Waals surface area contributed by atoms with Gasteiger partial charge in [0.15, 0.2) is 0 Å². The van der Waals surface area contributed by atoms with Crippen molar-refractivity contribution in [3.8, 4) is 0 Å². The Balaban J connectivity index is 1.76. The predicted octanol–water partition coefficient (Wildman–Crippen LogP) is 3.28. The summed E-state index contributed by atoms with van der Waals surface area (Å²) in [6.07, 6.45) is 4.08. The van der Waals surface area contributed by atoms with Crippen LogP contribution in [0.15, 0.2) is 24.3 Å². The molecular formula is C15H24N2. The minimum atomic E-state index is 0.883. The summed E-state index contributed by atoms with van der Waals surface area (Å²) in [5, 5.41) is 3.54. The summed E-state index contributed by atoms with van der Waals surface area (Å²) < 4.78 is 0. The Kier molecular flexibility index (Phi) is 4.43. The number of para-hydroxylation sites is 1. The molecule has 17 heavy (non-hydrogen) atoms. The Bertz CT molecular complexity index is 345. The van der Waals surface area contributed by atoms with Crippen LogP contribution in [0.25, 0.3) is 0 Å². The van der Waals surface area contributed by atoms with Crippen molar-refractivity contribution in [3.05, 3.63) is 29.8 Å². The molecule has 1 aromatic rings. The van der Waals surface area contributed by atoms with Gasteiger partial charge in [-0.15, -0.1) is 0 Å². The van der Waals surface area contributed by atoms with E-state index in [1.54, 1.807) is 0 Å². The highest BCUT2D eigenvalue weighted by Crippen LogP contribution is 2.26. The third-order valence-corrected chi connectivity index (χ3v) is 3.43. The topological polar surface area (TPSA) is 15.3 Å². The molecule has 0 radical (unpaired) electrons. The molecule has 2 heteroatoms. The lowest BCUT2D eigenvalue weighted by atomic mass is 10.2. The van der Waals surface area contributed by atoms with Gasteiger partial charge in [-0.1, -0.05) is 25.1 Å². The summed E-state index contributed by atoms with van der Waals surface area (Å²) in [5.41, 5.74) is 2.61. The molecule has 0 bridgehead atoms. The van der Waals surface area contributed by atoms with Crippen molar-refractivity contribution < 1.29 is 0 Å². The predicted molar refractivity (Wildman–Crippen MR) is 74.6 cm³/mol. The number of benzene rings is 1. The number of nitrogens with one attached hydrogen (secondary N) is 1. The first-order valence-corrected chi connectivity index (χ1v) is 6.85. The van der Waals surface area contributed by atoms with Crippen LogP contribution >= 0.6 is 0 Å². The van der Waals surface area contributed by atoms with Gasteiger partial charge in [0.05, 0.1) is 0 Å². The Labute approximate surface area is 105 Å². The molecule has 1 saturated carbocycles. The zero-order valence-electron chi connectivity index (χ0n) is 11.1. The number of aryl methyl sites for hydroxylation is 1. The molecule has 0 unspecified atom stereocenters. The van der Waals surface area contributed by atoms with Crippen molar-refractivity contribution in [3.63, 3.8) is 0 Å². The van der Waals surface area contributed by atoms with Crippen LogP contribution in [-0.2, 0) is 0 Å². The van der Waals surface area contributed by atoms with Crippen molar-refractivity contribution in [2.45, 2.75) is 39.2 Å². The Morgan fingerprint density at radius 1 is 1.24 bits per heavy atom. The summed E-state index contributed by atoms with van der Waals surface area (Å²) in [5.74, 6) is 0. The highest BCUT2D eigenvalue weighted by atomic mass is 15.2. The van der Waals surface area contributed by atoms with E-state index >= 15 is 0 Å². The molecule has 0 saturated heterocycles. The van der Waals surface area contributed by atoms with E-state index in [-0.39, 0.29) is 0 Å². The fourth-order valence-corrected chi connectivity index (χ4v) is 2.31. The van der Waals surface area contributed by atoms with E-state index in [1.807, 2.05) is 0 Å². The Morgan fingerprint density at radius 2 is 2.00 bits per heavy atom. The zero-order valence-corrected chi connectivity index (χ0v) is 11.1. The van der Waals surface area contributed by atoms with Gasteiger partial charge in [-0.3, -0.25) is 4.90 Å². The third kappa shape index (κ3) is 3.74. The fraction of sp³-hybridized carbons (Fsp3) is 0.600. The van der Waals surface area contributed by atoms with Gasteiger partial charge >= 0.3 is 0 Å². The van der Waals surface area contributed by atoms with Crippen LogP contribution in [0.1, 0.15) is 31.7 Å². The van der Waals surface area contributed by atoms with Gasteiger partial charge in [0.1, 0.15) is 0 Å². The third-order valence-electron chi connectivity index (χ3n) is 3.43. The van der Waals surface area contributed by atoms with Gasteiger partial charge in [0.2, 0.25) is 0 Å². The van der Waals surface area contributed by atoms with Crippen LogP contribution in [0.2, 0.25) is 0 Å². The van der Waals surface area contributed by atoms with Crippen LogP contribution < -0.4 is 5.32 Å². The summed E-state index contributed by atoms with van der Waals surface area (Å²) in [6, 6.07) is 9.39. The van der Waals surface area contributed by atoms with Crippen molar-refractivity contribution in [1.82, 2.24) is 4.90 Å². The standard InChI is InChI=1S/C15H24N2/c1-3-11-17(14-8-9-14)12-10-16-15-7-5-4-6-13(15)2/h4-7,14,16H,3,8-12H2,1-2H3. The lowest BCUT2D eigenvalue weighted by molar-refractivity contribution is 0.274. The highest BCUT2D eigenvalue weighted by Gasteiger charge is 2.27. The van der Waals surface area contributed by atoms with E-state index in [0.717, 1.165) is 12.6 Å². The maximum atomic E-state index is 3.54. The van der Waals surface area contributed by atoms with Gasteiger partial charge < -0.3 is 5.32 Å². The number of nitrogens with zero attached hydrogens (tertiary/aromatic N) is 1.